The number of carbonyl (C=O) groups is 1. The van der Waals surface area contributed by atoms with Gasteiger partial charge >= 0.3 is 0 Å². The summed E-state index contributed by atoms with van der Waals surface area (Å²) in [5.74, 6) is 0.421. The second-order valence-corrected chi connectivity index (χ2v) is 7.53. The molecule has 1 aromatic carbocycles. The average molecular weight is 320 g/mol. The molecule has 0 saturated heterocycles. The number of aromatic nitrogens is 1. The van der Waals surface area contributed by atoms with Crippen molar-refractivity contribution in [2.45, 2.75) is 32.1 Å². The van der Waals surface area contributed by atoms with Gasteiger partial charge in [0.1, 0.15) is 17.2 Å². The van der Waals surface area contributed by atoms with Crippen molar-refractivity contribution in [1.82, 2.24) is 10.5 Å². The molecule has 0 aliphatic rings. The van der Waals surface area contributed by atoms with Crippen LogP contribution in [0.5, 0.6) is 0 Å². The Morgan fingerprint density at radius 1 is 1.27 bits per heavy atom. The minimum absolute atomic E-state index is 0.0430. The first-order valence-electron chi connectivity index (χ1n) is 7.00. The Bertz CT molecular complexity index is 660. The van der Waals surface area contributed by atoms with Crippen molar-refractivity contribution in [3.05, 3.63) is 42.2 Å². The van der Waals surface area contributed by atoms with Crippen LogP contribution in [0.25, 0.3) is 11.3 Å². The summed E-state index contributed by atoms with van der Waals surface area (Å²) in [5.41, 5.74) is 1.31. The van der Waals surface area contributed by atoms with Gasteiger partial charge in [0.2, 0.25) is 5.91 Å². The van der Waals surface area contributed by atoms with Crippen LogP contribution in [0.15, 0.2) is 40.9 Å². The number of nitrogens with one attached hydrogen (secondary N) is 1. The molecule has 0 bridgehead atoms. The standard InChI is InChI=1S/C16H20N2O3S/c1-16(2,3)17-15(19)11-22(20)10-13-9-14(18-21-13)12-7-5-4-6-8-12/h4-9H,10-11H2,1-3H3,(H,17,19). The third-order valence-corrected chi connectivity index (χ3v) is 3.93. The molecule has 1 amide bonds. The fourth-order valence-corrected chi connectivity index (χ4v) is 2.86. The highest BCUT2D eigenvalue weighted by molar-refractivity contribution is 7.84. The van der Waals surface area contributed by atoms with Crippen molar-refractivity contribution in [1.29, 1.82) is 0 Å². The number of carbonyl (C=O) groups excluding carboxylic acids is 1. The van der Waals surface area contributed by atoms with Gasteiger partial charge in [0, 0.05) is 28.0 Å². The largest absolute Gasteiger partial charge is 0.360 e. The molecule has 118 valence electrons. The zero-order chi connectivity index (χ0) is 16.2. The number of nitrogens with zero attached hydrogens (tertiary/aromatic N) is 1. The van der Waals surface area contributed by atoms with Crippen LogP contribution in [-0.4, -0.2) is 26.6 Å². The summed E-state index contributed by atoms with van der Waals surface area (Å²) < 4.78 is 17.2. The molecule has 1 atom stereocenters. The van der Waals surface area contributed by atoms with Gasteiger partial charge in [-0.2, -0.15) is 0 Å². The zero-order valence-electron chi connectivity index (χ0n) is 13.0. The molecule has 1 heterocycles. The van der Waals surface area contributed by atoms with Crippen molar-refractivity contribution in [3.8, 4) is 11.3 Å². The molecule has 1 N–H and O–H groups in total. The van der Waals surface area contributed by atoms with Crippen LogP contribution >= 0.6 is 0 Å². The van der Waals surface area contributed by atoms with Crippen molar-refractivity contribution < 1.29 is 13.5 Å². The van der Waals surface area contributed by atoms with E-state index in [-0.39, 0.29) is 23.0 Å². The summed E-state index contributed by atoms with van der Waals surface area (Å²) in [6.07, 6.45) is 0. The highest BCUT2D eigenvalue weighted by atomic mass is 32.2. The van der Waals surface area contributed by atoms with Gasteiger partial charge in [-0.1, -0.05) is 35.5 Å². The summed E-state index contributed by atoms with van der Waals surface area (Å²) in [6, 6.07) is 11.4. The average Bonchev–Trinajstić information content (AvgIpc) is 2.85. The molecule has 0 aliphatic carbocycles. The third-order valence-electron chi connectivity index (χ3n) is 2.74. The van der Waals surface area contributed by atoms with Crippen molar-refractivity contribution >= 4 is 16.7 Å². The lowest BCUT2D eigenvalue weighted by Gasteiger charge is -2.20. The lowest BCUT2D eigenvalue weighted by molar-refractivity contribution is -0.119. The second-order valence-electron chi connectivity index (χ2n) is 6.07. The van der Waals surface area contributed by atoms with Crippen LogP contribution in [0.1, 0.15) is 26.5 Å². The Morgan fingerprint density at radius 2 is 1.95 bits per heavy atom. The Morgan fingerprint density at radius 3 is 2.59 bits per heavy atom. The van der Waals surface area contributed by atoms with Crippen molar-refractivity contribution in [2.75, 3.05) is 5.75 Å². The fraction of sp³-hybridized carbons (Fsp3) is 0.375. The lowest BCUT2D eigenvalue weighted by atomic mass is 10.1. The first-order valence-corrected chi connectivity index (χ1v) is 8.49. The molecule has 2 aromatic rings. The maximum absolute atomic E-state index is 12.0. The Labute approximate surface area is 132 Å². The Balaban J connectivity index is 1.93. The molecule has 0 spiro atoms. The molecule has 0 saturated carbocycles. The van der Waals surface area contributed by atoms with Crippen LogP contribution in [0.2, 0.25) is 0 Å². The predicted octanol–water partition coefficient (Wildman–Crippen LogP) is 2.51. The van der Waals surface area contributed by atoms with Crippen LogP contribution in [0, 0.1) is 0 Å². The molecule has 22 heavy (non-hydrogen) atoms. The molecule has 0 aliphatic heterocycles. The van der Waals surface area contributed by atoms with Gasteiger partial charge in [-0.3, -0.25) is 9.00 Å². The van der Waals surface area contributed by atoms with Gasteiger partial charge in [0.25, 0.3) is 0 Å². The minimum Gasteiger partial charge on any atom is -0.360 e. The van der Waals surface area contributed by atoms with E-state index in [0.29, 0.717) is 11.5 Å². The summed E-state index contributed by atoms with van der Waals surface area (Å²) in [7, 11) is -1.32. The maximum Gasteiger partial charge on any atom is 0.233 e. The lowest BCUT2D eigenvalue weighted by Crippen LogP contribution is -2.42. The molecule has 1 unspecified atom stereocenters. The summed E-state index contributed by atoms with van der Waals surface area (Å²) in [4.78, 5) is 11.7. The monoisotopic (exact) mass is 320 g/mol. The van der Waals surface area contributed by atoms with E-state index in [0.717, 1.165) is 5.56 Å². The molecule has 6 heteroatoms. The maximum atomic E-state index is 12.0. The Kier molecular flexibility index (Phi) is 5.13. The fourth-order valence-electron chi connectivity index (χ4n) is 1.94. The summed E-state index contributed by atoms with van der Waals surface area (Å²) in [6.45, 7) is 5.66. The highest BCUT2D eigenvalue weighted by Gasteiger charge is 2.17. The van der Waals surface area contributed by atoms with E-state index >= 15 is 0 Å². The quantitative estimate of drug-likeness (QED) is 0.919. The van der Waals surface area contributed by atoms with Gasteiger partial charge in [0.05, 0.1) is 5.75 Å². The molecule has 0 radical (unpaired) electrons. The number of hydrogen-bond acceptors (Lipinski definition) is 4. The number of rotatable bonds is 5. The zero-order valence-corrected chi connectivity index (χ0v) is 13.8. The molecule has 1 aromatic heterocycles. The van der Waals surface area contributed by atoms with Crippen molar-refractivity contribution in [3.63, 3.8) is 0 Å². The van der Waals surface area contributed by atoms with Gasteiger partial charge in [-0.15, -0.1) is 0 Å². The van der Waals surface area contributed by atoms with E-state index in [4.69, 9.17) is 4.52 Å². The van der Waals surface area contributed by atoms with Crippen LogP contribution in [-0.2, 0) is 21.3 Å². The van der Waals surface area contributed by atoms with Crippen LogP contribution in [0.4, 0.5) is 0 Å². The predicted molar refractivity (Wildman–Crippen MR) is 86.5 cm³/mol. The normalized spacial score (nSPS) is 12.9. The highest BCUT2D eigenvalue weighted by Crippen LogP contribution is 2.19. The molecular weight excluding hydrogens is 300 g/mol. The third kappa shape index (κ3) is 5.11. The van der Waals surface area contributed by atoms with E-state index in [1.54, 1.807) is 6.07 Å². The van der Waals surface area contributed by atoms with Crippen molar-refractivity contribution in [2.24, 2.45) is 0 Å². The van der Waals surface area contributed by atoms with Crippen LogP contribution < -0.4 is 5.32 Å². The smallest absolute Gasteiger partial charge is 0.233 e. The first kappa shape index (κ1) is 16.4. The molecule has 5 nitrogen and oxygen atoms in total. The van der Waals surface area contributed by atoms with Crippen LogP contribution in [0.3, 0.4) is 0 Å². The summed E-state index contributed by atoms with van der Waals surface area (Å²) >= 11 is 0. The molecule has 2 rings (SSSR count). The molecule has 0 fully saturated rings. The first-order chi connectivity index (χ1) is 10.3. The molecular formula is C16H20N2O3S. The van der Waals surface area contributed by atoms with Gasteiger partial charge in [0.15, 0.2) is 0 Å². The summed E-state index contributed by atoms with van der Waals surface area (Å²) in [5, 5.41) is 6.76. The SMILES string of the molecule is CC(C)(C)NC(=O)CS(=O)Cc1cc(-c2ccccc2)no1. The van der Waals surface area contributed by atoms with Gasteiger partial charge in [-0.25, -0.2) is 0 Å². The number of amides is 1. The minimum atomic E-state index is -1.32. The Hall–Kier alpha value is -1.95. The topological polar surface area (TPSA) is 72.2 Å². The van der Waals surface area contributed by atoms with E-state index < -0.39 is 10.8 Å². The second kappa shape index (κ2) is 6.87. The van der Waals surface area contributed by atoms with E-state index in [1.807, 2.05) is 51.1 Å². The van der Waals surface area contributed by atoms with Gasteiger partial charge < -0.3 is 9.84 Å². The number of benzene rings is 1. The number of hydrogen-bond donors (Lipinski definition) is 1. The van der Waals surface area contributed by atoms with E-state index in [9.17, 15) is 9.00 Å². The van der Waals surface area contributed by atoms with E-state index in [2.05, 4.69) is 10.5 Å². The van der Waals surface area contributed by atoms with Gasteiger partial charge in [-0.05, 0) is 20.8 Å². The van der Waals surface area contributed by atoms with E-state index in [1.165, 1.54) is 0 Å².